The average Bonchev–Trinajstić information content (AvgIpc) is 2.69. The number of amides is 1. The molecular formula is C19H14INO5S2. The monoisotopic (exact) mass is 527 g/mol. The number of carbonyl (C=O) groups is 1. The van der Waals surface area contributed by atoms with Gasteiger partial charge in [0, 0.05) is 9.13 Å². The van der Waals surface area contributed by atoms with E-state index in [0.717, 1.165) is 3.57 Å². The third-order valence-corrected chi connectivity index (χ3v) is 8.61. The van der Waals surface area contributed by atoms with E-state index in [4.69, 9.17) is 0 Å². The van der Waals surface area contributed by atoms with Crippen LogP contribution in [0, 0.1) is 3.57 Å². The molecule has 0 atom stereocenters. The molecule has 3 aromatic carbocycles. The zero-order valence-electron chi connectivity index (χ0n) is 14.3. The number of hydrogen-bond donors (Lipinski definition) is 0. The molecule has 0 aromatic heterocycles. The molecule has 0 spiro atoms. The molecule has 0 aliphatic carbocycles. The minimum atomic E-state index is -4.67. The van der Waals surface area contributed by atoms with Crippen molar-refractivity contribution >= 4 is 48.5 Å². The van der Waals surface area contributed by atoms with E-state index in [1.54, 1.807) is 24.3 Å². The Balaban J connectivity index is 2.23. The van der Waals surface area contributed by atoms with Crippen LogP contribution in [0.1, 0.15) is 10.4 Å². The molecule has 0 fully saturated rings. The Morgan fingerprint density at radius 1 is 0.643 bits per heavy atom. The van der Waals surface area contributed by atoms with Crippen molar-refractivity contribution in [2.45, 2.75) is 9.79 Å². The van der Waals surface area contributed by atoms with Crippen LogP contribution in [-0.2, 0) is 20.0 Å². The van der Waals surface area contributed by atoms with Gasteiger partial charge < -0.3 is 0 Å². The SMILES string of the molecule is O=C(c1ccc(I)cc1)N(S(=O)(=O)c1ccccc1)S(=O)(=O)c1ccccc1. The van der Waals surface area contributed by atoms with Crippen molar-refractivity contribution in [2.75, 3.05) is 0 Å². The second-order valence-corrected chi connectivity index (χ2v) is 10.7. The van der Waals surface area contributed by atoms with Crippen molar-refractivity contribution in [3.8, 4) is 0 Å². The largest absolute Gasteiger partial charge is 0.282 e. The van der Waals surface area contributed by atoms with Crippen LogP contribution in [-0.4, -0.2) is 26.5 Å². The van der Waals surface area contributed by atoms with Crippen LogP contribution in [0.5, 0.6) is 0 Å². The number of hydrogen-bond acceptors (Lipinski definition) is 5. The molecule has 0 unspecified atom stereocenters. The molecule has 3 aromatic rings. The summed E-state index contributed by atoms with van der Waals surface area (Å²) >= 11 is 2.03. The molecule has 3 rings (SSSR count). The maximum atomic E-state index is 13.2. The zero-order chi connectivity index (χ0) is 20.4. The van der Waals surface area contributed by atoms with E-state index in [0.29, 0.717) is 0 Å². The summed E-state index contributed by atoms with van der Waals surface area (Å²) in [6, 6.07) is 19.9. The van der Waals surface area contributed by atoms with Crippen LogP contribution >= 0.6 is 22.6 Å². The van der Waals surface area contributed by atoms with E-state index >= 15 is 0 Å². The van der Waals surface area contributed by atoms with Gasteiger partial charge in [0.05, 0.1) is 9.79 Å². The van der Waals surface area contributed by atoms with Crippen molar-refractivity contribution < 1.29 is 21.6 Å². The molecule has 6 nitrogen and oxygen atoms in total. The predicted octanol–water partition coefficient (Wildman–Crippen LogP) is 3.51. The van der Waals surface area contributed by atoms with Gasteiger partial charge in [-0.1, -0.05) is 36.4 Å². The topological polar surface area (TPSA) is 88.6 Å². The first-order chi connectivity index (χ1) is 13.2. The van der Waals surface area contributed by atoms with Gasteiger partial charge in [-0.25, -0.2) is 0 Å². The van der Waals surface area contributed by atoms with Crippen molar-refractivity contribution in [1.82, 2.24) is 3.71 Å². The number of carbonyl (C=O) groups excluding carboxylic acids is 1. The molecule has 0 aliphatic heterocycles. The van der Waals surface area contributed by atoms with Gasteiger partial charge in [-0.15, -0.1) is 3.71 Å². The summed E-state index contributed by atoms with van der Waals surface area (Å²) in [5.74, 6) is -1.15. The molecule has 9 heteroatoms. The standard InChI is InChI=1S/C19H14INO5S2/c20-16-13-11-15(12-14-16)19(22)21(27(23,24)17-7-3-1-4-8-17)28(25,26)18-9-5-2-6-10-18/h1-14H. The fourth-order valence-corrected chi connectivity index (χ4v) is 6.36. The second-order valence-electron chi connectivity index (χ2n) is 5.65. The first kappa shape index (κ1) is 20.5. The van der Waals surface area contributed by atoms with Crippen LogP contribution in [0.15, 0.2) is 94.7 Å². The smallest absolute Gasteiger partial charge is 0.267 e. The van der Waals surface area contributed by atoms with Gasteiger partial charge in [-0.3, -0.25) is 4.79 Å². The molecule has 0 N–H and O–H groups in total. The van der Waals surface area contributed by atoms with Crippen LogP contribution in [0.3, 0.4) is 0 Å². The number of sulfonamides is 2. The highest BCUT2D eigenvalue weighted by atomic mass is 127. The maximum Gasteiger partial charge on any atom is 0.282 e. The third kappa shape index (κ3) is 3.96. The number of rotatable bonds is 5. The summed E-state index contributed by atoms with van der Waals surface area (Å²) in [7, 11) is -9.34. The molecule has 0 aliphatic rings. The Hall–Kier alpha value is -2.24. The molecule has 28 heavy (non-hydrogen) atoms. The summed E-state index contributed by atoms with van der Waals surface area (Å²) in [5, 5.41) is 0. The van der Waals surface area contributed by atoms with Crippen molar-refractivity contribution in [2.24, 2.45) is 0 Å². The minimum Gasteiger partial charge on any atom is -0.267 e. The van der Waals surface area contributed by atoms with Crippen LogP contribution < -0.4 is 0 Å². The molecule has 0 radical (unpaired) electrons. The summed E-state index contributed by atoms with van der Waals surface area (Å²) in [5.41, 5.74) is -0.0561. The maximum absolute atomic E-state index is 13.2. The van der Waals surface area contributed by atoms with Gasteiger partial charge in [0.1, 0.15) is 0 Å². The molecular weight excluding hydrogens is 513 g/mol. The Morgan fingerprint density at radius 2 is 1.04 bits per heavy atom. The van der Waals surface area contributed by atoms with Crippen molar-refractivity contribution in [3.63, 3.8) is 0 Å². The fourth-order valence-electron chi connectivity index (χ4n) is 2.42. The lowest BCUT2D eigenvalue weighted by atomic mass is 10.2. The van der Waals surface area contributed by atoms with Crippen LogP contribution in [0.4, 0.5) is 0 Å². The lowest BCUT2D eigenvalue weighted by Crippen LogP contribution is -2.41. The molecule has 0 bridgehead atoms. The van der Waals surface area contributed by atoms with Crippen molar-refractivity contribution in [3.05, 3.63) is 94.1 Å². The molecule has 0 heterocycles. The van der Waals surface area contributed by atoms with E-state index in [2.05, 4.69) is 0 Å². The lowest BCUT2D eigenvalue weighted by molar-refractivity contribution is 0.0921. The predicted molar refractivity (Wildman–Crippen MR) is 113 cm³/mol. The number of benzene rings is 3. The van der Waals surface area contributed by atoms with Crippen LogP contribution in [0.25, 0.3) is 0 Å². The zero-order valence-corrected chi connectivity index (χ0v) is 18.1. The van der Waals surface area contributed by atoms with E-state index in [-0.39, 0.29) is 19.1 Å². The third-order valence-electron chi connectivity index (χ3n) is 3.78. The summed E-state index contributed by atoms with van der Waals surface area (Å²) in [6.45, 7) is 0. The van der Waals surface area contributed by atoms with Gasteiger partial charge in [0.25, 0.3) is 26.0 Å². The second kappa shape index (κ2) is 8.02. The molecule has 0 saturated carbocycles. The quantitative estimate of drug-likeness (QED) is 0.474. The van der Waals surface area contributed by atoms with Gasteiger partial charge in [0.2, 0.25) is 0 Å². The minimum absolute atomic E-state index is 0.0349. The van der Waals surface area contributed by atoms with E-state index < -0.39 is 26.0 Å². The highest BCUT2D eigenvalue weighted by molar-refractivity contribution is 14.1. The summed E-state index contributed by atoms with van der Waals surface area (Å²) < 4.78 is 53.4. The average molecular weight is 527 g/mol. The first-order valence-electron chi connectivity index (χ1n) is 7.95. The van der Waals surface area contributed by atoms with Gasteiger partial charge >= 0.3 is 0 Å². The van der Waals surface area contributed by atoms with Crippen LogP contribution in [0.2, 0.25) is 0 Å². The lowest BCUT2D eigenvalue weighted by Gasteiger charge is -2.22. The van der Waals surface area contributed by atoms with Gasteiger partial charge in [-0.05, 0) is 71.1 Å². The number of halogens is 1. The van der Waals surface area contributed by atoms with E-state index in [9.17, 15) is 21.6 Å². The Bertz CT molecular complexity index is 1120. The summed E-state index contributed by atoms with van der Waals surface area (Å²) in [6.07, 6.45) is 0. The Morgan fingerprint density at radius 3 is 1.43 bits per heavy atom. The van der Waals surface area contributed by atoms with Gasteiger partial charge in [-0.2, -0.15) is 16.8 Å². The Kier molecular flexibility index (Phi) is 5.87. The fraction of sp³-hybridized carbons (Fsp3) is 0. The van der Waals surface area contributed by atoms with E-state index in [1.807, 2.05) is 22.6 Å². The first-order valence-corrected chi connectivity index (χ1v) is 11.9. The Labute approximate surface area is 177 Å². The molecule has 144 valence electrons. The van der Waals surface area contributed by atoms with Gasteiger partial charge in [0.15, 0.2) is 0 Å². The highest BCUT2D eigenvalue weighted by Crippen LogP contribution is 2.26. The summed E-state index contributed by atoms with van der Waals surface area (Å²) in [4.78, 5) is 12.5. The van der Waals surface area contributed by atoms with E-state index in [1.165, 1.54) is 60.7 Å². The molecule has 0 saturated heterocycles. The van der Waals surface area contributed by atoms with Crippen molar-refractivity contribution in [1.29, 1.82) is 0 Å². The highest BCUT2D eigenvalue weighted by Gasteiger charge is 2.41. The molecule has 1 amide bonds. The number of nitrogens with zero attached hydrogens (tertiary/aromatic N) is 1. The normalized spacial score (nSPS) is 11.8.